The van der Waals surface area contributed by atoms with E-state index in [9.17, 15) is 4.79 Å². The molecule has 0 aromatic heterocycles. The molecule has 0 aliphatic heterocycles. The summed E-state index contributed by atoms with van der Waals surface area (Å²) in [7, 11) is 3.41. The molecule has 1 fully saturated rings. The van der Waals surface area contributed by atoms with Crippen LogP contribution >= 0.6 is 24.0 Å². The maximum absolute atomic E-state index is 12.0. The van der Waals surface area contributed by atoms with E-state index in [1.54, 1.807) is 14.2 Å². The van der Waals surface area contributed by atoms with Gasteiger partial charge >= 0.3 is 6.09 Å². The lowest BCUT2D eigenvalue weighted by Gasteiger charge is -2.31. The van der Waals surface area contributed by atoms with Gasteiger partial charge in [0.05, 0.1) is 13.7 Å². The molecule has 8 nitrogen and oxygen atoms in total. The van der Waals surface area contributed by atoms with Crippen molar-refractivity contribution in [3.8, 4) is 11.5 Å². The third-order valence-corrected chi connectivity index (χ3v) is 5.00. The second kappa shape index (κ2) is 13.6. The minimum absolute atomic E-state index is 0. The molecule has 1 aliphatic rings. The van der Waals surface area contributed by atoms with Crippen molar-refractivity contribution in [3.63, 3.8) is 0 Å². The van der Waals surface area contributed by atoms with E-state index in [0.29, 0.717) is 19.2 Å². The van der Waals surface area contributed by atoms with E-state index in [-0.39, 0.29) is 36.1 Å². The van der Waals surface area contributed by atoms with Gasteiger partial charge in [-0.2, -0.15) is 0 Å². The van der Waals surface area contributed by atoms with Gasteiger partial charge in [-0.3, -0.25) is 4.99 Å². The molecule has 3 N–H and O–H groups in total. The van der Waals surface area contributed by atoms with E-state index in [2.05, 4.69) is 20.9 Å². The second-order valence-corrected chi connectivity index (χ2v) is 8.68. The lowest BCUT2D eigenvalue weighted by molar-refractivity contribution is 0.0490. The monoisotopic (exact) mass is 562 g/mol. The number of nitrogens with zero attached hydrogens (tertiary/aromatic N) is 1. The van der Waals surface area contributed by atoms with Crippen LogP contribution in [0.2, 0.25) is 0 Å². The van der Waals surface area contributed by atoms with Crippen molar-refractivity contribution in [3.05, 3.63) is 23.8 Å². The Morgan fingerprint density at radius 3 is 2.25 bits per heavy atom. The molecule has 0 radical (unpaired) electrons. The number of aliphatic imine (C=N–C) groups is 1. The molecule has 32 heavy (non-hydrogen) atoms. The molecule has 9 heteroatoms. The predicted octanol–water partition coefficient (Wildman–Crippen LogP) is 4.21. The number of halogens is 1. The molecule has 2 rings (SSSR count). The fourth-order valence-electron chi connectivity index (χ4n) is 3.53. The zero-order chi connectivity index (χ0) is 22.9. The smallest absolute Gasteiger partial charge is 0.407 e. The van der Waals surface area contributed by atoms with E-state index in [0.717, 1.165) is 48.7 Å². The van der Waals surface area contributed by atoms with Crippen LogP contribution in [0.1, 0.15) is 58.9 Å². The summed E-state index contributed by atoms with van der Waals surface area (Å²) in [5.41, 5.74) is 0.603. The number of hydrogen-bond donors (Lipinski definition) is 3. The topological polar surface area (TPSA) is 93.2 Å². The first-order chi connectivity index (χ1) is 14.7. The molecule has 0 unspecified atom stereocenters. The number of nitrogens with one attached hydrogen (secondary N) is 3. The number of alkyl carbamates (subject to hydrolysis) is 1. The molecular weight excluding hydrogens is 523 g/mol. The van der Waals surface area contributed by atoms with Gasteiger partial charge in [0.25, 0.3) is 0 Å². The van der Waals surface area contributed by atoms with Crippen molar-refractivity contribution >= 4 is 36.0 Å². The number of amides is 1. The number of rotatable bonds is 7. The molecule has 1 aromatic rings. The number of methoxy groups -OCH3 is 1. The Morgan fingerprint density at radius 1 is 1.09 bits per heavy atom. The van der Waals surface area contributed by atoms with Crippen molar-refractivity contribution in [2.24, 2.45) is 4.99 Å². The van der Waals surface area contributed by atoms with Crippen LogP contribution in [0.4, 0.5) is 4.79 Å². The quantitative estimate of drug-likeness (QED) is 0.262. The van der Waals surface area contributed by atoms with Gasteiger partial charge in [-0.05, 0) is 71.1 Å². The third kappa shape index (κ3) is 9.70. The Bertz CT molecular complexity index is 744. The summed E-state index contributed by atoms with van der Waals surface area (Å²) in [6.45, 7) is 8.77. The average molecular weight is 562 g/mol. The summed E-state index contributed by atoms with van der Waals surface area (Å²) in [4.78, 5) is 16.3. The minimum atomic E-state index is -0.478. The molecule has 0 atom stereocenters. The van der Waals surface area contributed by atoms with Gasteiger partial charge in [0.15, 0.2) is 17.5 Å². The molecule has 1 aromatic carbocycles. The first-order valence-electron chi connectivity index (χ1n) is 11.0. The van der Waals surface area contributed by atoms with Crippen LogP contribution in [0.5, 0.6) is 11.5 Å². The van der Waals surface area contributed by atoms with Crippen LogP contribution < -0.4 is 25.4 Å². The summed E-state index contributed by atoms with van der Waals surface area (Å²) >= 11 is 0. The van der Waals surface area contributed by atoms with Gasteiger partial charge < -0.3 is 30.2 Å². The molecule has 1 amide bonds. The number of hydrogen-bond acceptors (Lipinski definition) is 5. The summed E-state index contributed by atoms with van der Waals surface area (Å²) < 4.78 is 16.3. The van der Waals surface area contributed by atoms with Gasteiger partial charge in [-0.15, -0.1) is 24.0 Å². The maximum Gasteiger partial charge on any atom is 0.407 e. The zero-order valence-electron chi connectivity index (χ0n) is 20.1. The van der Waals surface area contributed by atoms with Crippen molar-refractivity contribution < 1.29 is 19.0 Å². The molecule has 182 valence electrons. The highest BCUT2D eigenvalue weighted by molar-refractivity contribution is 14.0. The standard InChI is InChI=1S/C23H38N4O4.HI/c1-7-30-20-14-16(8-13-19(20)29-6)15-25-21(24-5)26-17-9-11-18(12-10-17)27-22(28)31-23(2,3)4;/h8,13-14,17-18H,7,9-12,15H2,1-6H3,(H,27,28)(H2,24,25,26);1H. The van der Waals surface area contributed by atoms with Gasteiger partial charge in [0, 0.05) is 25.7 Å². The van der Waals surface area contributed by atoms with E-state index in [1.165, 1.54) is 0 Å². The highest BCUT2D eigenvalue weighted by Gasteiger charge is 2.25. The number of carbonyl (C=O) groups excluding carboxylic acids is 1. The fourth-order valence-corrected chi connectivity index (χ4v) is 3.53. The van der Waals surface area contributed by atoms with Crippen molar-refractivity contribution in [2.45, 2.75) is 77.6 Å². The van der Waals surface area contributed by atoms with E-state index >= 15 is 0 Å². The molecule has 1 aliphatic carbocycles. The molecule has 1 saturated carbocycles. The highest BCUT2D eigenvalue weighted by Crippen LogP contribution is 2.28. The molecular formula is C23H39IN4O4. The summed E-state index contributed by atoms with van der Waals surface area (Å²) in [5, 5.41) is 9.83. The normalized spacial score (nSPS) is 18.8. The van der Waals surface area contributed by atoms with Gasteiger partial charge in [0.1, 0.15) is 5.60 Å². The number of benzene rings is 1. The van der Waals surface area contributed by atoms with Gasteiger partial charge in [-0.1, -0.05) is 6.07 Å². The van der Waals surface area contributed by atoms with Crippen molar-refractivity contribution in [2.75, 3.05) is 20.8 Å². The predicted molar refractivity (Wildman–Crippen MR) is 138 cm³/mol. The van der Waals surface area contributed by atoms with Gasteiger partial charge in [0.2, 0.25) is 0 Å². The third-order valence-electron chi connectivity index (χ3n) is 5.00. The molecule has 0 saturated heterocycles. The highest BCUT2D eigenvalue weighted by atomic mass is 127. The van der Waals surface area contributed by atoms with Crippen LogP contribution in [-0.2, 0) is 11.3 Å². The summed E-state index contributed by atoms with van der Waals surface area (Å²) in [5.74, 6) is 2.23. The van der Waals surface area contributed by atoms with Crippen LogP contribution in [-0.4, -0.2) is 50.5 Å². The fraction of sp³-hybridized carbons (Fsp3) is 0.652. The van der Waals surface area contributed by atoms with E-state index in [1.807, 2.05) is 45.9 Å². The SMILES string of the molecule is CCOc1cc(CNC(=NC)NC2CCC(NC(=O)OC(C)(C)C)CC2)ccc1OC.I. The number of ether oxygens (including phenoxy) is 3. The molecule has 0 bridgehead atoms. The Kier molecular flexibility index (Phi) is 11.9. The first kappa shape index (κ1) is 28.1. The average Bonchev–Trinajstić information content (AvgIpc) is 2.71. The summed E-state index contributed by atoms with van der Waals surface area (Å²) in [6, 6.07) is 6.37. The van der Waals surface area contributed by atoms with Crippen LogP contribution in [0.3, 0.4) is 0 Å². The summed E-state index contributed by atoms with van der Waals surface area (Å²) in [6.07, 6.45) is 3.39. The Morgan fingerprint density at radius 2 is 1.72 bits per heavy atom. The Hall–Kier alpha value is -1.91. The van der Waals surface area contributed by atoms with Crippen LogP contribution in [0.25, 0.3) is 0 Å². The largest absolute Gasteiger partial charge is 0.493 e. The molecule has 0 heterocycles. The maximum atomic E-state index is 12.0. The van der Waals surface area contributed by atoms with E-state index in [4.69, 9.17) is 14.2 Å². The lowest BCUT2D eigenvalue weighted by Crippen LogP contribution is -2.47. The van der Waals surface area contributed by atoms with Crippen molar-refractivity contribution in [1.29, 1.82) is 0 Å². The van der Waals surface area contributed by atoms with Crippen LogP contribution in [0.15, 0.2) is 23.2 Å². The van der Waals surface area contributed by atoms with Crippen molar-refractivity contribution in [1.82, 2.24) is 16.0 Å². The van der Waals surface area contributed by atoms with Crippen LogP contribution in [0, 0.1) is 0 Å². The Labute approximate surface area is 209 Å². The number of guanidine groups is 1. The van der Waals surface area contributed by atoms with E-state index < -0.39 is 5.60 Å². The zero-order valence-corrected chi connectivity index (χ0v) is 22.4. The number of carbonyl (C=O) groups is 1. The first-order valence-corrected chi connectivity index (χ1v) is 11.0. The Balaban J connectivity index is 0.00000512. The minimum Gasteiger partial charge on any atom is -0.493 e. The van der Waals surface area contributed by atoms with Gasteiger partial charge in [-0.25, -0.2) is 4.79 Å². The second-order valence-electron chi connectivity index (χ2n) is 8.68. The lowest BCUT2D eigenvalue weighted by atomic mass is 9.91. The molecule has 0 spiro atoms.